The molecule has 0 saturated carbocycles. The summed E-state index contributed by atoms with van der Waals surface area (Å²) >= 11 is 3.92. The first-order chi connectivity index (χ1) is 12.6. The van der Waals surface area contributed by atoms with Crippen LogP contribution in [0.2, 0.25) is 0 Å². The molecule has 2 heterocycles. The zero-order valence-corrected chi connectivity index (χ0v) is 21.2. The monoisotopic (exact) mass is 412 g/mol. The topological polar surface area (TPSA) is 0 Å². The highest BCUT2D eigenvalue weighted by atomic mass is 32.1. The van der Waals surface area contributed by atoms with E-state index in [0.29, 0.717) is 0 Å². The van der Waals surface area contributed by atoms with E-state index in [-0.39, 0.29) is 16.2 Å². The molecule has 0 aliphatic rings. The first kappa shape index (κ1) is 21.6. The maximum Gasteiger partial charge on any atom is 0.0489 e. The Kier molecular flexibility index (Phi) is 5.17. The smallest absolute Gasteiger partial charge is 0.0489 e. The third-order valence-electron chi connectivity index (χ3n) is 5.56. The second kappa shape index (κ2) is 6.71. The van der Waals surface area contributed by atoms with Gasteiger partial charge in [-0.1, -0.05) is 74.4 Å². The molecule has 0 bridgehead atoms. The lowest BCUT2D eigenvalue weighted by Gasteiger charge is -2.33. The summed E-state index contributed by atoms with van der Waals surface area (Å²) in [5.41, 5.74) is 7.68. The minimum absolute atomic E-state index is 0.0936. The largest absolute Gasteiger partial charge is 0.139 e. The summed E-state index contributed by atoms with van der Waals surface area (Å²) in [5, 5.41) is 0. The highest BCUT2D eigenvalue weighted by Gasteiger charge is 2.31. The van der Waals surface area contributed by atoms with Gasteiger partial charge in [-0.15, -0.1) is 22.7 Å². The van der Waals surface area contributed by atoms with Crippen molar-refractivity contribution in [2.24, 2.45) is 0 Å². The van der Waals surface area contributed by atoms with Crippen LogP contribution in [0, 0.1) is 13.8 Å². The maximum atomic E-state index is 2.49. The molecule has 0 fully saturated rings. The molecule has 0 saturated heterocycles. The second-order valence-electron chi connectivity index (χ2n) is 11.3. The molecule has 0 unspecified atom stereocenters. The Morgan fingerprint density at radius 2 is 1.14 bits per heavy atom. The van der Waals surface area contributed by atoms with Gasteiger partial charge in [-0.2, -0.15) is 0 Å². The van der Waals surface area contributed by atoms with Crippen molar-refractivity contribution in [1.29, 1.82) is 0 Å². The van der Waals surface area contributed by atoms with Crippen molar-refractivity contribution in [1.82, 2.24) is 0 Å². The average molecular weight is 413 g/mol. The van der Waals surface area contributed by atoms with Crippen molar-refractivity contribution in [3.63, 3.8) is 0 Å². The summed E-state index contributed by atoms with van der Waals surface area (Å²) in [5.74, 6) is 0. The number of hydrogen-bond donors (Lipinski definition) is 0. The predicted molar refractivity (Wildman–Crippen MR) is 131 cm³/mol. The van der Waals surface area contributed by atoms with Gasteiger partial charge in [0.2, 0.25) is 0 Å². The van der Waals surface area contributed by atoms with E-state index in [1.165, 1.54) is 47.0 Å². The van der Waals surface area contributed by atoms with Gasteiger partial charge in [0.1, 0.15) is 0 Å². The SMILES string of the molecule is Cc1cc2sc(-c3c(C(C)(C)C)cc(C(C)(C)C)cc3C(C)(C)C)c(C)c2s1. The molecule has 0 aliphatic carbocycles. The zero-order valence-electron chi connectivity index (χ0n) is 19.5. The fourth-order valence-electron chi connectivity index (χ4n) is 3.86. The Morgan fingerprint density at radius 1 is 0.643 bits per heavy atom. The minimum Gasteiger partial charge on any atom is -0.139 e. The molecule has 1 aromatic carbocycles. The molecule has 152 valence electrons. The van der Waals surface area contributed by atoms with Gasteiger partial charge >= 0.3 is 0 Å². The molecular formula is C26H36S2. The van der Waals surface area contributed by atoms with Crippen LogP contribution < -0.4 is 0 Å². The molecule has 3 rings (SSSR count). The van der Waals surface area contributed by atoms with Gasteiger partial charge in [0.05, 0.1) is 0 Å². The van der Waals surface area contributed by atoms with Crippen LogP contribution in [0.15, 0.2) is 18.2 Å². The number of rotatable bonds is 1. The van der Waals surface area contributed by atoms with Gasteiger partial charge in [0.25, 0.3) is 0 Å². The third-order valence-corrected chi connectivity index (χ3v) is 8.12. The van der Waals surface area contributed by atoms with Gasteiger partial charge < -0.3 is 0 Å². The van der Waals surface area contributed by atoms with Crippen molar-refractivity contribution >= 4 is 32.1 Å². The molecule has 2 heteroatoms. The van der Waals surface area contributed by atoms with Crippen molar-refractivity contribution in [2.75, 3.05) is 0 Å². The lowest BCUT2D eigenvalue weighted by molar-refractivity contribution is 0.551. The number of fused-ring (bicyclic) bond motifs is 1. The van der Waals surface area contributed by atoms with Crippen LogP contribution in [0.3, 0.4) is 0 Å². The molecular weight excluding hydrogens is 376 g/mol. The molecule has 2 aromatic heterocycles. The fourth-order valence-corrected chi connectivity index (χ4v) is 6.44. The Balaban J connectivity index is 2.46. The van der Waals surface area contributed by atoms with Crippen LogP contribution in [0.1, 0.15) is 89.4 Å². The van der Waals surface area contributed by atoms with E-state index in [2.05, 4.69) is 94.4 Å². The molecule has 0 aliphatic heterocycles. The van der Waals surface area contributed by atoms with Crippen LogP contribution >= 0.6 is 22.7 Å². The van der Waals surface area contributed by atoms with Crippen LogP contribution in [-0.4, -0.2) is 0 Å². The summed E-state index contributed by atoms with van der Waals surface area (Å²) in [4.78, 5) is 2.88. The molecule has 28 heavy (non-hydrogen) atoms. The number of thiophene rings is 2. The van der Waals surface area contributed by atoms with E-state index in [0.717, 1.165) is 0 Å². The summed E-state index contributed by atoms with van der Waals surface area (Å²) in [6, 6.07) is 7.34. The Hall–Kier alpha value is -1.12. The highest BCUT2D eigenvalue weighted by Crippen LogP contribution is 2.49. The van der Waals surface area contributed by atoms with Crippen molar-refractivity contribution in [2.45, 2.75) is 92.4 Å². The van der Waals surface area contributed by atoms with Gasteiger partial charge in [0, 0.05) is 19.2 Å². The molecule has 0 amide bonds. The molecule has 0 spiro atoms. The van der Waals surface area contributed by atoms with E-state index in [1.54, 1.807) is 0 Å². The average Bonchev–Trinajstić information content (AvgIpc) is 3.01. The Bertz CT molecular complexity index is 986. The number of benzene rings is 1. The molecule has 0 N–H and O–H groups in total. The quantitative estimate of drug-likeness (QED) is 0.374. The lowest BCUT2D eigenvalue weighted by Crippen LogP contribution is -2.22. The van der Waals surface area contributed by atoms with Crippen molar-refractivity contribution in [3.05, 3.63) is 45.3 Å². The fraction of sp³-hybridized carbons (Fsp3) is 0.538. The van der Waals surface area contributed by atoms with E-state index in [4.69, 9.17) is 0 Å². The molecule has 0 nitrogen and oxygen atoms in total. The summed E-state index contributed by atoms with van der Waals surface area (Å²) in [6.07, 6.45) is 0. The van der Waals surface area contributed by atoms with E-state index in [9.17, 15) is 0 Å². The van der Waals surface area contributed by atoms with Gasteiger partial charge in [-0.25, -0.2) is 0 Å². The normalized spacial score (nSPS) is 13.5. The highest BCUT2D eigenvalue weighted by molar-refractivity contribution is 7.29. The van der Waals surface area contributed by atoms with Crippen LogP contribution in [0.4, 0.5) is 0 Å². The second-order valence-corrected chi connectivity index (χ2v) is 13.6. The Morgan fingerprint density at radius 3 is 1.54 bits per heavy atom. The first-order valence-electron chi connectivity index (χ1n) is 10.3. The summed E-state index contributed by atoms with van der Waals surface area (Å²) < 4.78 is 2.91. The van der Waals surface area contributed by atoms with E-state index >= 15 is 0 Å². The Labute approximate surface area is 180 Å². The number of hydrogen-bond acceptors (Lipinski definition) is 2. The van der Waals surface area contributed by atoms with Gasteiger partial charge in [-0.05, 0) is 64.0 Å². The summed E-state index contributed by atoms with van der Waals surface area (Å²) in [7, 11) is 0. The van der Waals surface area contributed by atoms with E-state index in [1.807, 2.05) is 22.7 Å². The lowest BCUT2D eigenvalue weighted by atomic mass is 9.72. The molecule has 0 atom stereocenters. The van der Waals surface area contributed by atoms with Crippen molar-refractivity contribution in [3.8, 4) is 10.4 Å². The summed E-state index contributed by atoms with van der Waals surface area (Å²) in [6.45, 7) is 25.7. The molecule has 0 radical (unpaired) electrons. The minimum atomic E-state index is 0.0936. The maximum absolute atomic E-state index is 2.49. The molecule has 3 aromatic rings. The van der Waals surface area contributed by atoms with Gasteiger partial charge in [0.15, 0.2) is 0 Å². The standard InChI is InChI=1S/C26H36S2/c1-15-12-20-22(27-15)16(2)23(28-20)21-18(25(6,7)8)13-17(24(3,4)5)14-19(21)26(9,10)11/h12-14H,1-11H3. The van der Waals surface area contributed by atoms with Crippen LogP contribution in [0.25, 0.3) is 19.8 Å². The third kappa shape index (κ3) is 3.83. The zero-order chi connectivity index (χ0) is 21.2. The predicted octanol–water partition coefficient (Wildman–Crippen LogP) is 9.14. The van der Waals surface area contributed by atoms with E-state index < -0.39 is 0 Å². The number of aryl methyl sites for hydroxylation is 2. The van der Waals surface area contributed by atoms with Crippen LogP contribution in [-0.2, 0) is 16.2 Å². The van der Waals surface area contributed by atoms with Crippen LogP contribution in [0.5, 0.6) is 0 Å². The van der Waals surface area contributed by atoms with Crippen molar-refractivity contribution < 1.29 is 0 Å². The van der Waals surface area contributed by atoms with Gasteiger partial charge in [-0.3, -0.25) is 0 Å². The first-order valence-corrected chi connectivity index (χ1v) is 11.9.